The molecule has 0 unspecified atom stereocenters. The number of carbonyl (C=O) groups is 1. The van der Waals surface area contributed by atoms with Gasteiger partial charge in [0.15, 0.2) is 5.76 Å². The van der Waals surface area contributed by atoms with Crippen molar-refractivity contribution in [2.45, 2.75) is 20.5 Å². The summed E-state index contributed by atoms with van der Waals surface area (Å²) in [4.78, 5) is 12.0. The highest BCUT2D eigenvalue weighted by molar-refractivity contribution is 5.89. The van der Waals surface area contributed by atoms with Gasteiger partial charge in [0, 0.05) is 11.6 Å². The van der Waals surface area contributed by atoms with Gasteiger partial charge in [-0.3, -0.25) is 0 Å². The molecule has 2 aromatic carbocycles. The van der Waals surface area contributed by atoms with Gasteiger partial charge in [0.1, 0.15) is 12.3 Å². The number of hydrogen-bond acceptors (Lipinski definition) is 4. The molecule has 3 rings (SSSR count). The van der Waals surface area contributed by atoms with Crippen molar-refractivity contribution >= 4 is 5.97 Å². The molecular formula is C19H17NO3. The molecule has 0 saturated carbocycles. The van der Waals surface area contributed by atoms with Crippen LogP contribution >= 0.6 is 0 Å². The van der Waals surface area contributed by atoms with Crippen LogP contribution in [0.1, 0.15) is 27.2 Å². The predicted octanol–water partition coefficient (Wildman–Crippen LogP) is 4.32. The average Bonchev–Trinajstić information content (AvgIpc) is 3.03. The average molecular weight is 307 g/mol. The number of rotatable bonds is 4. The van der Waals surface area contributed by atoms with Gasteiger partial charge in [0.25, 0.3) is 0 Å². The maximum Gasteiger partial charge on any atom is 0.338 e. The number of nitrogens with zero attached hydrogens (tertiary/aromatic N) is 1. The summed E-state index contributed by atoms with van der Waals surface area (Å²) < 4.78 is 10.6. The molecule has 1 heterocycles. The zero-order valence-electron chi connectivity index (χ0n) is 13.1. The Kier molecular flexibility index (Phi) is 4.24. The van der Waals surface area contributed by atoms with Crippen LogP contribution in [0.25, 0.3) is 11.3 Å². The summed E-state index contributed by atoms with van der Waals surface area (Å²) in [6, 6.07) is 17.0. The van der Waals surface area contributed by atoms with Crippen molar-refractivity contribution in [1.82, 2.24) is 5.16 Å². The highest BCUT2D eigenvalue weighted by Crippen LogP contribution is 2.21. The van der Waals surface area contributed by atoms with E-state index in [-0.39, 0.29) is 12.6 Å². The molecule has 0 radical (unpaired) electrons. The van der Waals surface area contributed by atoms with Crippen LogP contribution in [0.15, 0.2) is 59.1 Å². The van der Waals surface area contributed by atoms with Gasteiger partial charge >= 0.3 is 5.97 Å². The molecule has 0 spiro atoms. The maximum atomic E-state index is 12.0. The fraction of sp³-hybridized carbons (Fsp3) is 0.158. The first kappa shape index (κ1) is 15.0. The Balaban J connectivity index is 1.64. The van der Waals surface area contributed by atoms with Crippen LogP contribution in [0.2, 0.25) is 0 Å². The van der Waals surface area contributed by atoms with Crippen LogP contribution in [-0.4, -0.2) is 11.1 Å². The van der Waals surface area contributed by atoms with E-state index < -0.39 is 0 Å². The van der Waals surface area contributed by atoms with Crippen molar-refractivity contribution in [3.8, 4) is 11.3 Å². The normalized spacial score (nSPS) is 10.5. The van der Waals surface area contributed by atoms with E-state index in [1.54, 1.807) is 18.2 Å². The van der Waals surface area contributed by atoms with E-state index in [0.29, 0.717) is 17.0 Å². The quantitative estimate of drug-likeness (QED) is 0.674. The monoisotopic (exact) mass is 307 g/mol. The molecule has 0 N–H and O–H groups in total. The zero-order chi connectivity index (χ0) is 16.2. The molecule has 116 valence electrons. The number of ether oxygens (including phenoxy) is 1. The second-order valence-corrected chi connectivity index (χ2v) is 5.49. The summed E-state index contributed by atoms with van der Waals surface area (Å²) in [5.41, 5.74) is 4.33. The SMILES string of the molecule is Cc1ccc(C(=O)OCc2cc(-c3ccc(C)cc3)on2)cc1. The predicted molar refractivity (Wildman–Crippen MR) is 87.0 cm³/mol. The minimum absolute atomic E-state index is 0.0854. The Morgan fingerprint density at radius 3 is 2.26 bits per heavy atom. The molecule has 4 nitrogen and oxygen atoms in total. The fourth-order valence-electron chi connectivity index (χ4n) is 2.15. The summed E-state index contributed by atoms with van der Waals surface area (Å²) in [5, 5.41) is 3.94. The summed E-state index contributed by atoms with van der Waals surface area (Å²) >= 11 is 0. The lowest BCUT2D eigenvalue weighted by atomic mass is 10.1. The van der Waals surface area contributed by atoms with E-state index in [0.717, 1.165) is 11.1 Å². The molecule has 0 bridgehead atoms. The highest BCUT2D eigenvalue weighted by Gasteiger charge is 2.11. The Bertz CT molecular complexity index is 801. The second-order valence-electron chi connectivity index (χ2n) is 5.49. The molecule has 0 aliphatic rings. The summed E-state index contributed by atoms with van der Waals surface area (Å²) in [5.74, 6) is 0.288. The van der Waals surface area contributed by atoms with E-state index in [1.807, 2.05) is 50.2 Å². The van der Waals surface area contributed by atoms with Crippen LogP contribution < -0.4 is 0 Å². The minimum Gasteiger partial charge on any atom is -0.455 e. The van der Waals surface area contributed by atoms with Crippen molar-refractivity contribution in [1.29, 1.82) is 0 Å². The third-order valence-electron chi connectivity index (χ3n) is 3.53. The van der Waals surface area contributed by atoms with E-state index in [4.69, 9.17) is 9.26 Å². The molecule has 0 fully saturated rings. The third-order valence-corrected chi connectivity index (χ3v) is 3.53. The van der Waals surface area contributed by atoms with Crippen molar-refractivity contribution in [3.63, 3.8) is 0 Å². The van der Waals surface area contributed by atoms with Crippen LogP contribution in [0.5, 0.6) is 0 Å². The highest BCUT2D eigenvalue weighted by atomic mass is 16.5. The molecule has 3 aromatic rings. The molecule has 4 heteroatoms. The Hall–Kier alpha value is -2.88. The maximum absolute atomic E-state index is 12.0. The smallest absolute Gasteiger partial charge is 0.338 e. The standard InChI is InChI=1S/C19H17NO3/c1-13-3-7-15(8-4-13)18-11-17(20-23-18)12-22-19(21)16-9-5-14(2)6-10-16/h3-11H,12H2,1-2H3. The molecular weight excluding hydrogens is 290 g/mol. The van der Waals surface area contributed by atoms with Crippen molar-refractivity contribution in [3.05, 3.63) is 77.0 Å². The number of hydrogen-bond donors (Lipinski definition) is 0. The first-order valence-corrected chi connectivity index (χ1v) is 7.38. The summed E-state index contributed by atoms with van der Waals surface area (Å²) in [7, 11) is 0. The topological polar surface area (TPSA) is 52.3 Å². The lowest BCUT2D eigenvalue weighted by molar-refractivity contribution is 0.0464. The van der Waals surface area contributed by atoms with Gasteiger partial charge in [-0.15, -0.1) is 0 Å². The summed E-state index contributed by atoms with van der Waals surface area (Å²) in [6.07, 6.45) is 0. The van der Waals surface area contributed by atoms with Crippen molar-refractivity contribution < 1.29 is 14.1 Å². The van der Waals surface area contributed by atoms with E-state index in [1.165, 1.54) is 5.56 Å². The largest absolute Gasteiger partial charge is 0.455 e. The number of aryl methyl sites for hydroxylation is 2. The van der Waals surface area contributed by atoms with E-state index >= 15 is 0 Å². The number of esters is 1. The minimum atomic E-state index is -0.370. The summed E-state index contributed by atoms with van der Waals surface area (Å²) in [6.45, 7) is 4.08. The lowest BCUT2D eigenvalue weighted by Crippen LogP contribution is -2.05. The zero-order valence-corrected chi connectivity index (χ0v) is 13.1. The van der Waals surface area contributed by atoms with Gasteiger partial charge in [0.05, 0.1) is 5.56 Å². The van der Waals surface area contributed by atoms with Gasteiger partial charge < -0.3 is 9.26 Å². The molecule has 0 saturated heterocycles. The molecule has 23 heavy (non-hydrogen) atoms. The van der Waals surface area contributed by atoms with Crippen LogP contribution in [0.3, 0.4) is 0 Å². The molecule has 0 atom stereocenters. The number of carbonyl (C=O) groups excluding carboxylic acids is 1. The number of benzene rings is 2. The first-order valence-electron chi connectivity index (χ1n) is 7.38. The molecule has 0 aliphatic heterocycles. The van der Waals surface area contributed by atoms with Gasteiger partial charge in [-0.05, 0) is 26.0 Å². The van der Waals surface area contributed by atoms with Crippen LogP contribution in [0, 0.1) is 13.8 Å². The second kappa shape index (κ2) is 6.48. The Morgan fingerprint density at radius 1 is 1.00 bits per heavy atom. The van der Waals surface area contributed by atoms with Gasteiger partial charge in [0.2, 0.25) is 0 Å². The molecule has 0 amide bonds. The van der Waals surface area contributed by atoms with Crippen molar-refractivity contribution in [2.24, 2.45) is 0 Å². The van der Waals surface area contributed by atoms with Gasteiger partial charge in [-0.25, -0.2) is 4.79 Å². The van der Waals surface area contributed by atoms with Crippen molar-refractivity contribution in [2.75, 3.05) is 0 Å². The van der Waals surface area contributed by atoms with Gasteiger partial charge in [-0.1, -0.05) is 52.7 Å². The first-order chi connectivity index (χ1) is 11.1. The van der Waals surface area contributed by atoms with E-state index in [2.05, 4.69) is 5.16 Å². The Morgan fingerprint density at radius 2 is 1.61 bits per heavy atom. The Labute approximate surface area is 134 Å². The molecule has 0 aliphatic carbocycles. The van der Waals surface area contributed by atoms with Crippen LogP contribution in [0.4, 0.5) is 0 Å². The lowest BCUT2D eigenvalue weighted by Gasteiger charge is -2.02. The fourth-order valence-corrected chi connectivity index (χ4v) is 2.15. The molecule has 1 aromatic heterocycles. The number of aromatic nitrogens is 1. The third kappa shape index (κ3) is 3.66. The van der Waals surface area contributed by atoms with Gasteiger partial charge in [-0.2, -0.15) is 0 Å². The van der Waals surface area contributed by atoms with E-state index in [9.17, 15) is 4.79 Å². The van der Waals surface area contributed by atoms with Crippen LogP contribution in [-0.2, 0) is 11.3 Å².